The number of ether oxygens (including phenoxy) is 1. The first kappa shape index (κ1) is 15.4. The topological polar surface area (TPSA) is 64.3 Å². The van der Waals surface area contributed by atoms with Gasteiger partial charge in [0.2, 0.25) is 0 Å². The molecule has 4 nitrogen and oxygen atoms in total. The van der Waals surface area contributed by atoms with Gasteiger partial charge in [0.1, 0.15) is 12.4 Å². The van der Waals surface area contributed by atoms with E-state index in [0.717, 1.165) is 27.5 Å². The van der Waals surface area contributed by atoms with Crippen molar-refractivity contribution in [3.05, 3.63) is 63.7 Å². The lowest BCUT2D eigenvalue weighted by Gasteiger charge is -2.12. The van der Waals surface area contributed by atoms with Crippen molar-refractivity contribution in [3.63, 3.8) is 0 Å². The van der Waals surface area contributed by atoms with Crippen molar-refractivity contribution in [2.45, 2.75) is 20.5 Å². The van der Waals surface area contributed by atoms with Gasteiger partial charge in [-0.1, -0.05) is 29.8 Å². The number of aryl methyl sites for hydroxylation is 2. The van der Waals surface area contributed by atoms with Crippen molar-refractivity contribution in [1.29, 1.82) is 0 Å². The van der Waals surface area contributed by atoms with E-state index in [9.17, 15) is 4.79 Å². The van der Waals surface area contributed by atoms with E-state index in [1.165, 1.54) is 0 Å². The van der Waals surface area contributed by atoms with Gasteiger partial charge in [-0.3, -0.25) is 10.2 Å². The number of halogens is 1. The van der Waals surface area contributed by atoms with Crippen LogP contribution in [-0.4, -0.2) is 5.91 Å². The molecule has 0 saturated heterocycles. The molecule has 2 aromatic rings. The number of hydrazine groups is 1. The third kappa shape index (κ3) is 3.54. The average Bonchev–Trinajstić information content (AvgIpc) is 2.50. The highest BCUT2D eigenvalue weighted by Crippen LogP contribution is 2.26. The molecule has 0 heterocycles. The van der Waals surface area contributed by atoms with E-state index in [1.807, 2.05) is 38.1 Å². The Morgan fingerprint density at radius 1 is 1.24 bits per heavy atom. The predicted octanol–water partition coefficient (Wildman–Crippen LogP) is 3.14. The van der Waals surface area contributed by atoms with Crippen LogP contribution in [-0.2, 0) is 6.61 Å². The van der Waals surface area contributed by atoms with Crippen molar-refractivity contribution in [2.75, 3.05) is 0 Å². The molecule has 2 rings (SSSR count). The van der Waals surface area contributed by atoms with Crippen LogP contribution in [0.1, 0.15) is 27.0 Å². The van der Waals surface area contributed by atoms with Crippen LogP contribution in [0.5, 0.6) is 5.75 Å². The molecule has 21 heavy (non-hydrogen) atoms. The quantitative estimate of drug-likeness (QED) is 0.518. The molecule has 0 saturated carbocycles. The molecule has 0 unspecified atom stereocenters. The van der Waals surface area contributed by atoms with Crippen LogP contribution in [0.3, 0.4) is 0 Å². The fraction of sp³-hybridized carbons (Fsp3) is 0.188. The second kappa shape index (κ2) is 6.61. The van der Waals surface area contributed by atoms with E-state index in [2.05, 4.69) is 5.43 Å². The smallest absolute Gasteiger partial charge is 0.265 e. The van der Waals surface area contributed by atoms with Crippen LogP contribution in [0.25, 0.3) is 0 Å². The number of benzene rings is 2. The lowest BCUT2D eigenvalue weighted by Crippen LogP contribution is -2.30. The summed E-state index contributed by atoms with van der Waals surface area (Å²) in [6, 6.07) is 10.9. The Labute approximate surface area is 128 Å². The first-order chi connectivity index (χ1) is 10.0. The molecule has 0 bridgehead atoms. The van der Waals surface area contributed by atoms with Gasteiger partial charge in [0, 0.05) is 16.1 Å². The average molecular weight is 305 g/mol. The molecule has 0 aromatic heterocycles. The molecule has 3 N–H and O–H groups in total. The fourth-order valence-electron chi connectivity index (χ4n) is 2.10. The van der Waals surface area contributed by atoms with Gasteiger partial charge in [-0.2, -0.15) is 0 Å². The first-order valence-electron chi connectivity index (χ1n) is 6.51. The van der Waals surface area contributed by atoms with E-state index in [1.54, 1.807) is 12.1 Å². The summed E-state index contributed by atoms with van der Waals surface area (Å²) in [7, 11) is 0. The third-order valence-electron chi connectivity index (χ3n) is 3.20. The number of nitrogens with one attached hydrogen (secondary N) is 1. The number of carbonyl (C=O) groups excluding carboxylic acids is 1. The number of hydrogen-bond acceptors (Lipinski definition) is 3. The number of hydrogen-bond donors (Lipinski definition) is 2. The minimum absolute atomic E-state index is 0.282. The van der Waals surface area contributed by atoms with E-state index < -0.39 is 0 Å². The zero-order valence-electron chi connectivity index (χ0n) is 11.9. The molecule has 0 atom stereocenters. The summed E-state index contributed by atoms with van der Waals surface area (Å²) in [5, 5.41) is 0.741. The molecule has 5 heteroatoms. The Kier molecular flexibility index (Phi) is 4.83. The largest absolute Gasteiger partial charge is 0.489 e. The predicted molar refractivity (Wildman–Crippen MR) is 83.4 cm³/mol. The number of rotatable bonds is 4. The van der Waals surface area contributed by atoms with Crippen molar-refractivity contribution < 1.29 is 9.53 Å². The summed E-state index contributed by atoms with van der Waals surface area (Å²) in [4.78, 5) is 11.7. The van der Waals surface area contributed by atoms with Gasteiger partial charge >= 0.3 is 0 Å². The van der Waals surface area contributed by atoms with Gasteiger partial charge in [0.25, 0.3) is 5.91 Å². The number of carbonyl (C=O) groups is 1. The molecule has 0 fully saturated rings. The van der Waals surface area contributed by atoms with Gasteiger partial charge in [0.05, 0.1) is 0 Å². The monoisotopic (exact) mass is 304 g/mol. The maximum atomic E-state index is 11.7. The van der Waals surface area contributed by atoms with Crippen molar-refractivity contribution in [2.24, 2.45) is 5.84 Å². The van der Waals surface area contributed by atoms with E-state index in [-0.39, 0.29) is 12.5 Å². The Bertz CT molecular complexity index is 648. The summed E-state index contributed by atoms with van der Waals surface area (Å²) < 4.78 is 5.76. The summed E-state index contributed by atoms with van der Waals surface area (Å²) in [6.45, 7) is 4.14. The maximum Gasteiger partial charge on any atom is 0.265 e. The molecule has 0 radical (unpaired) electrons. The van der Waals surface area contributed by atoms with E-state index in [0.29, 0.717) is 5.56 Å². The normalized spacial score (nSPS) is 10.3. The van der Waals surface area contributed by atoms with Crippen LogP contribution in [0.4, 0.5) is 0 Å². The SMILES string of the molecule is Cc1cc(OCc2ccccc2C(=O)NN)cc(C)c1Cl. The molecule has 0 aliphatic heterocycles. The number of nitrogens with two attached hydrogens (primary N) is 1. The summed E-state index contributed by atoms with van der Waals surface area (Å²) >= 11 is 6.13. The van der Waals surface area contributed by atoms with Gasteiger partial charge in [0.15, 0.2) is 0 Å². The van der Waals surface area contributed by atoms with E-state index >= 15 is 0 Å². The summed E-state index contributed by atoms with van der Waals surface area (Å²) in [5.41, 5.74) is 5.32. The molecule has 0 aliphatic rings. The maximum absolute atomic E-state index is 11.7. The van der Waals surface area contributed by atoms with E-state index in [4.69, 9.17) is 22.2 Å². The zero-order valence-corrected chi connectivity index (χ0v) is 12.7. The highest BCUT2D eigenvalue weighted by atomic mass is 35.5. The number of amides is 1. The third-order valence-corrected chi connectivity index (χ3v) is 3.79. The molecule has 2 aromatic carbocycles. The van der Waals surface area contributed by atoms with Crippen LogP contribution in [0, 0.1) is 13.8 Å². The van der Waals surface area contributed by atoms with Gasteiger partial charge in [-0.05, 0) is 43.2 Å². The molecule has 1 amide bonds. The first-order valence-corrected chi connectivity index (χ1v) is 6.89. The lowest BCUT2D eigenvalue weighted by molar-refractivity contribution is 0.0951. The zero-order chi connectivity index (χ0) is 15.4. The second-order valence-corrected chi connectivity index (χ2v) is 5.17. The van der Waals surface area contributed by atoms with Gasteiger partial charge in [-0.15, -0.1) is 0 Å². The van der Waals surface area contributed by atoms with Crippen LogP contribution in [0.15, 0.2) is 36.4 Å². The molecule has 110 valence electrons. The standard InChI is InChI=1S/C16H17ClN2O2/c1-10-7-13(8-11(2)15(10)17)21-9-12-5-3-4-6-14(12)16(20)19-18/h3-8H,9,18H2,1-2H3,(H,19,20). The Morgan fingerprint density at radius 2 is 1.86 bits per heavy atom. The second-order valence-electron chi connectivity index (χ2n) is 4.79. The van der Waals surface area contributed by atoms with Crippen LogP contribution in [0.2, 0.25) is 5.02 Å². The minimum atomic E-state index is -0.335. The highest BCUT2D eigenvalue weighted by molar-refractivity contribution is 6.32. The molecule has 0 aliphatic carbocycles. The summed E-state index contributed by atoms with van der Waals surface area (Å²) in [6.07, 6.45) is 0. The Balaban J connectivity index is 2.19. The molecular weight excluding hydrogens is 288 g/mol. The van der Waals surface area contributed by atoms with Crippen molar-refractivity contribution >= 4 is 17.5 Å². The van der Waals surface area contributed by atoms with Gasteiger partial charge in [-0.25, -0.2) is 5.84 Å². The summed E-state index contributed by atoms with van der Waals surface area (Å²) in [5.74, 6) is 5.57. The highest BCUT2D eigenvalue weighted by Gasteiger charge is 2.10. The molecular formula is C16H17ClN2O2. The Hall–Kier alpha value is -2.04. The van der Waals surface area contributed by atoms with Crippen LogP contribution < -0.4 is 16.0 Å². The van der Waals surface area contributed by atoms with Crippen molar-refractivity contribution in [3.8, 4) is 5.75 Å². The number of nitrogen functional groups attached to an aromatic ring is 1. The lowest BCUT2D eigenvalue weighted by atomic mass is 10.1. The minimum Gasteiger partial charge on any atom is -0.489 e. The van der Waals surface area contributed by atoms with Gasteiger partial charge < -0.3 is 4.74 Å². The van der Waals surface area contributed by atoms with Crippen LogP contribution >= 0.6 is 11.6 Å². The Morgan fingerprint density at radius 3 is 2.48 bits per heavy atom. The fourth-order valence-corrected chi connectivity index (χ4v) is 2.21. The van der Waals surface area contributed by atoms with Crippen molar-refractivity contribution in [1.82, 2.24) is 5.43 Å². The molecule has 0 spiro atoms.